The van der Waals surface area contributed by atoms with Crippen molar-refractivity contribution < 1.29 is 0 Å². The van der Waals surface area contributed by atoms with E-state index in [2.05, 4.69) is 13.8 Å². The van der Waals surface area contributed by atoms with E-state index >= 15 is 0 Å². The fraction of sp³-hybridized carbons (Fsp3) is 1.00. The molecule has 0 aliphatic carbocycles. The van der Waals surface area contributed by atoms with E-state index in [-0.39, 0.29) is 12.4 Å². The summed E-state index contributed by atoms with van der Waals surface area (Å²) in [5.74, 6) is 0.823. The van der Waals surface area contributed by atoms with E-state index in [0.717, 1.165) is 12.5 Å². The molecule has 1 nitrogen and oxygen atoms in total. The van der Waals surface area contributed by atoms with Crippen molar-refractivity contribution in [2.24, 2.45) is 11.7 Å². The third-order valence-corrected chi connectivity index (χ3v) is 0.986. The van der Waals surface area contributed by atoms with Gasteiger partial charge in [-0.15, -0.1) is 12.4 Å². The van der Waals surface area contributed by atoms with Gasteiger partial charge in [-0.2, -0.15) is 0 Å². The Bertz CT molecular complexity index is 37.5. The van der Waals surface area contributed by atoms with Crippen molar-refractivity contribution in [1.82, 2.24) is 0 Å². The molecule has 0 atom stereocenters. The second kappa shape index (κ2) is 7.25. The van der Waals surface area contributed by atoms with E-state index in [1.807, 2.05) is 0 Å². The van der Waals surface area contributed by atoms with E-state index < -0.39 is 0 Å². The molecular weight excluding hydrogens is 122 g/mol. The van der Waals surface area contributed by atoms with Gasteiger partial charge >= 0.3 is 0 Å². The van der Waals surface area contributed by atoms with Gasteiger partial charge in [0.25, 0.3) is 0 Å². The van der Waals surface area contributed by atoms with Crippen LogP contribution in [-0.4, -0.2) is 6.54 Å². The van der Waals surface area contributed by atoms with Gasteiger partial charge < -0.3 is 5.73 Å². The van der Waals surface area contributed by atoms with Gasteiger partial charge in [0.05, 0.1) is 0 Å². The minimum Gasteiger partial charge on any atom is -0.330 e. The SMILES string of the molecule is CC(C)CCCN.Cl. The molecule has 0 aliphatic heterocycles. The predicted octanol–water partition coefficient (Wildman–Crippen LogP) is 1.80. The standard InChI is InChI=1S/C6H15N.ClH/c1-6(2)4-3-5-7;/h6H,3-5,7H2,1-2H3;1H. The molecule has 2 N–H and O–H groups in total. The number of rotatable bonds is 3. The zero-order chi connectivity index (χ0) is 5.70. The summed E-state index contributed by atoms with van der Waals surface area (Å²) >= 11 is 0. The maximum Gasteiger partial charge on any atom is -0.00772 e. The van der Waals surface area contributed by atoms with E-state index in [4.69, 9.17) is 5.73 Å². The first-order valence-electron chi connectivity index (χ1n) is 2.97. The second-order valence-corrected chi connectivity index (χ2v) is 2.32. The van der Waals surface area contributed by atoms with E-state index in [0.29, 0.717) is 0 Å². The van der Waals surface area contributed by atoms with Crippen molar-refractivity contribution in [3.63, 3.8) is 0 Å². The first-order valence-corrected chi connectivity index (χ1v) is 2.97. The lowest BCUT2D eigenvalue weighted by Gasteiger charge is -1.98. The van der Waals surface area contributed by atoms with E-state index in [9.17, 15) is 0 Å². The average molecular weight is 138 g/mol. The van der Waals surface area contributed by atoms with Crippen LogP contribution in [0, 0.1) is 5.92 Å². The second-order valence-electron chi connectivity index (χ2n) is 2.32. The van der Waals surface area contributed by atoms with Crippen molar-refractivity contribution >= 4 is 12.4 Å². The fourth-order valence-electron chi connectivity index (χ4n) is 0.526. The summed E-state index contributed by atoms with van der Waals surface area (Å²) in [4.78, 5) is 0. The summed E-state index contributed by atoms with van der Waals surface area (Å²) in [6, 6.07) is 0. The van der Waals surface area contributed by atoms with Crippen LogP contribution >= 0.6 is 12.4 Å². The minimum absolute atomic E-state index is 0. The van der Waals surface area contributed by atoms with Gasteiger partial charge in [0, 0.05) is 0 Å². The summed E-state index contributed by atoms with van der Waals surface area (Å²) in [5, 5.41) is 0. The van der Waals surface area contributed by atoms with Crippen LogP contribution in [0.1, 0.15) is 26.7 Å². The molecule has 0 aromatic rings. The highest BCUT2D eigenvalue weighted by molar-refractivity contribution is 5.85. The molecule has 0 unspecified atom stereocenters. The molecule has 0 aliphatic rings. The van der Waals surface area contributed by atoms with Crippen molar-refractivity contribution in [3.05, 3.63) is 0 Å². The Hall–Kier alpha value is 0.250. The molecule has 0 aromatic carbocycles. The predicted molar refractivity (Wildman–Crippen MR) is 40.4 cm³/mol. The van der Waals surface area contributed by atoms with Crippen LogP contribution in [0.25, 0.3) is 0 Å². The zero-order valence-corrected chi connectivity index (χ0v) is 6.50. The first kappa shape index (κ1) is 11.1. The third kappa shape index (κ3) is 9.54. The lowest BCUT2D eigenvalue weighted by atomic mass is 10.1. The molecule has 0 fully saturated rings. The molecule has 0 saturated carbocycles. The molecule has 0 aromatic heterocycles. The highest BCUT2D eigenvalue weighted by Gasteiger charge is 1.88. The van der Waals surface area contributed by atoms with Gasteiger partial charge in [-0.1, -0.05) is 13.8 Å². The van der Waals surface area contributed by atoms with Crippen molar-refractivity contribution in [2.45, 2.75) is 26.7 Å². The summed E-state index contributed by atoms with van der Waals surface area (Å²) < 4.78 is 0. The zero-order valence-electron chi connectivity index (χ0n) is 5.68. The highest BCUT2D eigenvalue weighted by Crippen LogP contribution is 2.00. The van der Waals surface area contributed by atoms with Crippen LogP contribution in [0.2, 0.25) is 0 Å². The summed E-state index contributed by atoms with van der Waals surface area (Å²) in [7, 11) is 0. The van der Waals surface area contributed by atoms with E-state index in [1.54, 1.807) is 0 Å². The molecule has 0 rings (SSSR count). The molecule has 0 heterocycles. The quantitative estimate of drug-likeness (QED) is 0.631. The Balaban J connectivity index is 0. The van der Waals surface area contributed by atoms with Gasteiger partial charge in [0.15, 0.2) is 0 Å². The topological polar surface area (TPSA) is 26.0 Å². The van der Waals surface area contributed by atoms with Gasteiger partial charge in [0.1, 0.15) is 0 Å². The van der Waals surface area contributed by atoms with Crippen LogP contribution in [-0.2, 0) is 0 Å². The molecule has 0 amide bonds. The molecule has 0 spiro atoms. The summed E-state index contributed by atoms with van der Waals surface area (Å²) in [6.07, 6.45) is 2.45. The van der Waals surface area contributed by atoms with Crippen molar-refractivity contribution in [2.75, 3.05) is 6.54 Å². The Morgan fingerprint density at radius 2 is 1.88 bits per heavy atom. The maximum atomic E-state index is 5.28. The third-order valence-electron chi connectivity index (χ3n) is 0.986. The molecule has 0 saturated heterocycles. The maximum absolute atomic E-state index is 5.28. The Morgan fingerprint density at radius 1 is 1.38 bits per heavy atom. The van der Waals surface area contributed by atoms with E-state index in [1.165, 1.54) is 12.8 Å². The smallest absolute Gasteiger partial charge is 0.00772 e. The van der Waals surface area contributed by atoms with Gasteiger partial charge in [-0.05, 0) is 25.3 Å². The minimum atomic E-state index is 0. The normalized spacial score (nSPS) is 9.00. The Morgan fingerprint density at radius 3 is 2.00 bits per heavy atom. The number of nitrogens with two attached hydrogens (primary N) is 1. The number of hydrogen-bond acceptors (Lipinski definition) is 1. The van der Waals surface area contributed by atoms with Crippen molar-refractivity contribution in [3.8, 4) is 0 Å². The molecule has 8 heavy (non-hydrogen) atoms. The molecule has 0 bridgehead atoms. The lowest BCUT2D eigenvalue weighted by Crippen LogP contribution is -1.99. The monoisotopic (exact) mass is 137 g/mol. The highest BCUT2D eigenvalue weighted by atomic mass is 35.5. The number of halogens is 1. The molecular formula is C6H16ClN. The van der Waals surface area contributed by atoms with Crippen LogP contribution in [0.4, 0.5) is 0 Å². The van der Waals surface area contributed by atoms with Gasteiger partial charge in [-0.25, -0.2) is 0 Å². The average Bonchev–Trinajstić information content (AvgIpc) is 1.61. The molecule has 0 radical (unpaired) electrons. The molecule has 2 heteroatoms. The Labute approximate surface area is 58.1 Å². The van der Waals surface area contributed by atoms with Crippen LogP contribution < -0.4 is 5.73 Å². The van der Waals surface area contributed by atoms with Gasteiger partial charge in [0.2, 0.25) is 0 Å². The van der Waals surface area contributed by atoms with Crippen molar-refractivity contribution in [1.29, 1.82) is 0 Å². The lowest BCUT2D eigenvalue weighted by molar-refractivity contribution is 0.561. The Kier molecular flexibility index (Phi) is 10.1. The van der Waals surface area contributed by atoms with Crippen LogP contribution in [0.5, 0.6) is 0 Å². The largest absolute Gasteiger partial charge is 0.330 e. The fourth-order valence-corrected chi connectivity index (χ4v) is 0.526. The summed E-state index contributed by atoms with van der Waals surface area (Å²) in [6.45, 7) is 5.28. The first-order chi connectivity index (χ1) is 3.27. The van der Waals surface area contributed by atoms with Gasteiger partial charge in [-0.3, -0.25) is 0 Å². The van der Waals surface area contributed by atoms with Crippen LogP contribution in [0.3, 0.4) is 0 Å². The van der Waals surface area contributed by atoms with Crippen LogP contribution in [0.15, 0.2) is 0 Å². The summed E-state index contributed by atoms with van der Waals surface area (Å²) in [5.41, 5.74) is 5.28. The number of hydrogen-bond donors (Lipinski definition) is 1. The molecule has 52 valence electrons.